The van der Waals surface area contributed by atoms with Crippen LogP contribution in [0.3, 0.4) is 0 Å². The normalized spacial score (nSPS) is 26.2. The van der Waals surface area contributed by atoms with Gasteiger partial charge in [0.25, 0.3) is 5.56 Å². The van der Waals surface area contributed by atoms with Crippen LogP contribution < -0.4 is 5.56 Å². The molecule has 2 aromatic rings. The molecule has 1 saturated heterocycles. The molecule has 0 spiro atoms. The van der Waals surface area contributed by atoms with Crippen molar-refractivity contribution < 1.29 is 4.79 Å². The molecule has 32 heavy (non-hydrogen) atoms. The number of carbonyl (C=O) groups is 1. The highest BCUT2D eigenvalue weighted by molar-refractivity contribution is 5.79. The molecule has 0 unspecified atom stereocenters. The first-order chi connectivity index (χ1) is 15.6. The zero-order valence-corrected chi connectivity index (χ0v) is 19.1. The second-order valence-electron chi connectivity index (χ2n) is 9.92. The fraction of sp³-hybridized carbons (Fsp3) is 0.577. The maximum Gasteiger partial charge on any atom is 0.255 e. The molecule has 3 heterocycles. The molecular weight excluding hydrogens is 400 g/mol. The lowest BCUT2D eigenvalue weighted by molar-refractivity contribution is -0.131. The number of aromatic amines is 1. The Balaban J connectivity index is 1.31. The van der Waals surface area contributed by atoms with E-state index < -0.39 is 0 Å². The lowest BCUT2D eigenvalue weighted by atomic mass is 9.86. The van der Waals surface area contributed by atoms with Crippen LogP contribution in [0.4, 0.5) is 0 Å². The van der Waals surface area contributed by atoms with Gasteiger partial charge in [0.05, 0.1) is 23.7 Å². The SMILES string of the molecule is CC1CCC(N2CCc3nc([C@H]4CCCN4C(=O)Cc4ccccc4)[nH]c(=O)c3C2)CC1. The van der Waals surface area contributed by atoms with Crippen LogP contribution >= 0.6 is 0 Å². The van der Waals surface area contributed by atoms with Gasteiger partial charge in [0.2, 0.25) is 5.91 Å². The minimum absolute atomic E-state index is 0.0127. The first-order valence-corrected chi connectivity index (χ1v) is 12.3. The molecule has 1 aromatic heterocycles. The van der Waals surface area contributed by atoms with E-state index in [1.54, 1.807) is 0 Å². The number of benzene rings is 1. The molecule has 6 nitrogen and oxygen atoms in total. The van der Waals surface area contributed by atoms with Gasteiger partial charge >= 0.3 is 0 Å². The molecule has 6 heteroatoms. The third-order valence-corrected chi connectivity index (χ3v) is 7.71. The second-order valence-corrected chi connectivity index (χ2v) is 9.92. The molecule has 5 rings (SSSR count). The molecular formula is C26H34N4O2. The predicted molar refractivity (Wildman–Crippen MR) is 124 cm³/mol. The van der Waals surface area contributed by atoms with Crippen molar-refractivity contribution in [2.24, 2.45) is 5.92 Å². The van der Waals surface area contributed by atoms with Gasteiger partial charge < -0.3 is 9.88 Å². The van der Waals surface area contributed by atoms with Crippen molar-refractivity contribution in [3.05, 3.63) is 63.3 Å². The summed E-state index contributed by atoms with van der Waals surface area (Å²) in [5.74, 6) is 1.61. The van der Waals surface area contributed by atoms with Gasteiger partial charge in [-0.25, -0.2) is 4.98 Å². The van der Waals surface area contributed by atoms with Gasteiger partial charge in [-0.1, -0.05) is 37.3 Å². The Labute approximate surface area is 190 Å². The van der Waals surface area contributed by atoms with Crippen LogP contribution in [0.1, 0.15) is 74.1 Å². The number of nitrogens with zero attached hydrogens (tertiary/aromatic N) is 3. The summed E-state index contributed by atoms with van der Waals surface area (Å²) in [7, 11) is 0. The van der Waals surface area contributed by atoms with Gasteiger partial charge in [-0.2, -0.15) is 0 Å². The molecule has 0 radical (unpaired) electrons. The number of hydrogen-bond acceptors (Lipinski definition) is 4. The summed E-state index contributed by atoms with van der Waals surface area (Å²) < 4.78 is 0. The largest absolute Gasteiger partial charge is 0.332 e. The van der Waals surface area contributed by atoms with Gasteiger partial charge in [0, 0.05) is 32.1 Å². The first kappa shape index (κ1) is 21.4. The Morgan fingerprint density at radius 2 is 1.88 bits per heavy atom. The van der Waals surface area contributed by atoms with E-state index in [1.165, 1.54) is 25.7 Å². The third-order valence-electron chi connectivity index (χ3n) is 7.71. The number of likely N-dealkylation sites (tertiary alicyclic amines) is 1. The van der Waals surface area contributed by atoms with Crippen molar-refractivity contribution in [3.63, 3.8) is 0 Å². The lowest BCUT2D eigenvalue weighted by Gasteiger charge is -2.38. The van der Waals surface area contributed by atoms with Crippen molar-refractivity contribution in [1.82, 2.24) is 19.8 Å². The number of fused-ring (bicyclic) bond motifs is 1. The van der Waals surface area contributed by atoms with Crippen LogP contribution in [0, 0.1) is 5.92 Å². The van der Waals surface area contributed by atoms with Crippen LogP contribution in [-0.2, 0) is 24.2 Å². The Kier molecular flexibility index (Phi) is 6.13. The Morgan fingerprint density at radius 1 is 1.09 bits per heavy atom. The van der Waals surface area contributed by atoms with Crippen LogP contribution in [0.15, 0.2) is 35.1 Å². The molecule has 1 saturated carbocycles. The van der Waals surface area contributed by atoms with Crippen molar-refractivity contribution in [1.29, 1.82) is 0 Å². The highest BCUT2D eigenvalue weighted by Gasteiger charge is 2.34. The molecule has 1 amide bonds. The van der Waals surface area contributed by atoms with Crippen LogP contribution in [0.25, 0.3) is 0 Å². The number of amides is 1. The van der Waals surface area contributed by atoms with Crippen LogP contribution in [0.5, 0.6) is 0 Å². The van der Waals surface area contributed by atoms with E-state index in [2.05, 4.69) is 16.8 Å². The Morgan fingerprint density at radius 3 is 2.66 bits per heavy atom. The second kappa shape index (κ2) is 9.18. The van der Waals surface area contributed by atoms with E-state index in [0.29, 0.717) is 24.8 Å². The van der Waals surface area contributed by atoms with Gasteiger partial charge in [-0.05, 0) is 50.0 Å². The molecule has 2 aliphatic heterocycles. The van der Waals surface area contributed by atoms with Crippen molar-refractivity contribution in [3.8, 4) is 0 Å². The van der Waals surface area contributed by atoms with Crippen molar-refractivity contribution in [2.75, 3.05) is 13.1 Å². The summed E-state index contributed by atoms with van der Waals surface area (Å²) in [5, 5.41) is 0. The van der Waals surface area contributed by atoms with Crippen LogP contribution in [-0.4, -0.2) is 44.8 Å². The maximum atomic E-state index is 13.1. The topological polar surface area (TPSA) is 69.3 Å². The highest BCUT2D eigenvalue weighted by Crippen LogP contribution is 2.32. The van der Waals surface area contributed by atoms with E-state index in [9.17, 15) is 9.59 Å². The van der Waals surface area contributed by atoms with Crippen molar-refractivity contribution in [2.45, 2.75) is 76.9 Å². The molecule has 1 atom stereocenters. The predicted octanol–water partition coefficient (Wildman–Crippen LogP) is 3.61. The zero-order chi connectivity index (χ0) is 22.1. The molecule has 3 aliphatic rings. The Bertz CT molecular complexity index is 1010. The highest BCUT2D eigenvalue weighted by atomic mass is 16.2. The van der Waals surface area contributed by atoms with Crippen molar-refractivity contribution >= 4 is 5.91 Å². The fourth-order valence-corrected chi connectivity index (χ4v) is 5.76. The number of hydrogen-bond donors (Lipinski definition) is 1. The monoisotopic (exact) mass is 434 g/mol. The number of H-pyrrole nitrogens is 1. The van der Waals surface area contributed by atoms with Gasteiger partial charge in [0.15, 0.2) is 0 Å². The molecule has 1 aliphatic carbocycles. The summed E-state index contributed by atoms with van der Waals surface area (Å²) in [6, 6.07) is 10.3. The number of aromatic nitrogens is 2. The van der Waals surface area contributed by atoms with E-state index >= 15 is 0 Å². The molecule has 170 valence electrons. The average Bonchev–Trinajstić information content (AvgIpc) is 3.30. The summed E-state index contributed by atoms with van der Waals surface area (Å²) in [4.78, 5) is 38.5. The van der Waals surface area contributed by atoms with Crippen LogP contribution in [0.2, 0.25) is 0 Å². The number of nitrogens with one attached hydrogen (secondary N) is 1. The minimum atomic E-state index is -0.123. The maximum absolute atomic E-state index is 13.1. The molecule has 0 bridgehead atoms. The minimum Gasteiger partial charge on any atom is -0.332 e. The standard InChI is InChI=1S/C26H34N4O2/c1-18-9-11-20(12-10-18)29-15-13-22-21(17-29)26(32)28-25(27-22)23-8-5-14-30(23)24(31)16-19-6-3-2-4-7-19/h2-4,6-7,18,20,23H,5,8-17H2,1H3,(H,27,28,32)/t18?,20?,23-/m1/s1. The van der Waals surface area contributed by atoms with Gasteiger partial charge in [-0.15, -0.1) is 0 Å². The summed E-state index contributed by atoms with van der Waals surface area (Å²) in [5.41, 5.74) is 2.78. The first-order valence-electron chi connectivity index (χ1n) is 12.3. The third kappa shape index (κ3) is 4.38. The molecule has 1 aromatic carbocycles. The van der Waals surface area contributed by atoms with E-state index in [0.717, 1.165) is 55.1 Å². The molecule has 2 fully saturated rings. The fourth-order valence-electron chi connectivity index (χ4n) is 5.76. The lowest BCUT2D eigenvalue weighted by Crippen LogP contribution is -2.44. The average molecular weight is 435 g/mol. The number of carbonyl (C=O) groups excluding carboxylic acids is 1. The number of rotatable bonds is 4. The smallest absolute Gasteiger partial charge is 0.255 e. The summed E-state index contributed by atoms with van der Waals surface area (Å²) >= 11 is 0. The van der Waals surface area contributed by atoms with E-state index in [-0.39, 0.29) is 17.5 Å². The van der Waals surface area contributed by atoms with E-state index in [4.69, 9.17) is 4.98 Å². The zero-order valence-electron chi connectivity index (χ0n) is 19.1. The quantitative estimate of drug-likeness (QED) is 0.798. The van der Waals surface area contributed by atoms with E-state index in [1.807, 2.05) is 35.2 Å². The summed E-state index contributed by atoms with van der Waals surface area (Å²) in [6.45, 7) is 4.75. The summed E-state index contributed by atoms with van der Waals surface area (Å²) in [6.07, 6.45) is 8.06. The van der Waals surface area contributed by atoms with Gasteiger partial charge in [0.1, 0.15) is 5.82 Å². The molecule has 1 N–H and O–H groups in total. The van der Waals surface area contributed by atoms with Gasteiger partial charge in [-0.3, -0.25) is 14.5 Å². The Hall–Kier alpha value is -2.47.